The highest BCUT2D eigenvalue weighted by molar-refractivity contribution is 6.20. The summed E-state index contributed by atoms with van der Waals surface area (Å²) in [4.78, 5) is 18.0. The van der Waals surface area contributed by atoms with Crippen molar-refractivity contribution in [1.29, 1.82) is 0 Å². The van der Waals surface area contributed by atoms with Crippen molar-refractivity contribution in [1.82, 2.24) is 14.5 Å². The first-order valence-electron chi connectivity index (χ1n) is 6.47. The Hall–Kier alpha value is -1.62. The van der Waals surface area contributed by atoms with E-state index in [2.05, 4.69) is 4.98 Å². The Kier molecular flexibility index (Phi) is 4.28. The van der Waals surface area contributed by atoms with Crippen LogP contribution >= 0.6 is 11.6 Å². The molecule has 2 aromatic rings. The number of carbonyl (C=O) groups is 1. The molecule has 1 amide bonds. The van der Waals surface area contributed by atoms with Crippen LogP contribution in [0.15, 0.2) is 18.2 Å². The summed E-state index contributed by atoms with van der Waals surface area (Å²) in [5, 5.41) is -0.356. The number of alkyl halides is 1. The van der Waals surface area contributed by atoms with Gasteiger partial charge in [-0.25, -0.2) is 9.37 Å². The molecule has 1 unspecified atom stereocenters. The summed E-state index contributed by atoms with van der Waals surface area (Å²) in [6.07, 6.45) is 0. The Morgan fingerprint density at radius 2 is 2.25 bits per heavy atom. The average molecular weight is 298 g/mol. The highest BCUT2D eigenvalue weighted by Gasteiger charge is 2.18. The summed E-state index contributed by atoms with van der Waals surface area (Å²) in [7, 11) is 1.74. The fourth-order valence-corrected chi connectivity index (χ4v) is 2.19. The van der Waals surface area contributed by atoms with Crippen LogP contribution in [0.25, 0.3) is 11.0 Å². The molecule has 0 aliphatic heterocycles. The molecule has 1 aromatic carbocycles. The van der Waals surface area contributed by atoms with Crippen LogP contribution < -0.4 is 0 Å². The van der Waals surface area contributed by atoms with Gasteiger partial charge in [-0.1, -0.05) is 0 Å². The number of nitrogens with zero attached hydrogens (tertiary/aromatic N) is 3. The van der Waals surface area contributed by atoms with Crippen molar-refractivity contribution in [3.63, 3.8) is 0 Å². The number of rotatable bonds is 4. The van der Waals surface area contributed by atoms with Gasteiger partial charge in [0.05, 0.1) is 16.4 Å². The van der Waals surface area contributed by atoms with E-state index in [4.69, 9.17) is 11.6 Å². The van der Waals surface area contributed by atoms with Gasteiger partial charge in [0.1, 0.15) is 18.2 Å². The second-order valence-corrected chi connectivity index (χ2v) is 5.37. The van der Waals surface area contributed by atoms with Crippen LogP contribution in [0, 0.1) is 5.82 Å². The van der Waals surface area contributed by atoms with Crippen LogP contribution in [0.2, 0.25) is 0 Å². The van der Waals surface area contributed by atoms with Crippen LogP contribution in [-0.2, 0) is 11.3 Å². The molecule has 108 valence electrons. The minimum Gasteiger partial charge on any atom is -0.344 e. The van der Waals surface area contributed by atoms with Crippen LogP contribution in [0.3, 0.4) is 0 Å². The molecule has 0 radical (unpaired) electrons. The van der Waals surface area contributed by atoms with Crippen LogP contribution in [-0.4, -0.2) is 34.0 Å². The normalized spacial score (nSPS) is 12.7. The van der Waals surface area contributed by atoms with Crippen molar-refractivity contribution in [2.45, 2.75) is 25.8 Å². The van der Waals surface area contributed by atoms with Crippen molar-refractivity contribution in [3.05, 3.63) is 29.8 Å². The van der Waals surface area contributed by atoms with E-state index in [-0.39, 0.29) is 23.6 Å². The molecule has 1 heterocycles. The van der Waals surface area contributed by atoms with Crippen molar-refractivity contribution in [2.24, 2.45) is 0 Å². The second-order valence-electron chi connectivity index (χ2n) is 4.71. The zero-order valence-electron chi connectivity index (χ0n) is 11.7. The standard InChI is InChI=1S/C14H17ClFN3O/c1-4-18(3)13(20)8-19-12-6-5-10(16)7-11(12)17-14(19)9(2)15/h5-7,9H,4,8H2,1-3H3. The molecule has 0 spiro atoms. The smallest absolute Gasteiger partial charge is 0.242 e. The van der Waals surface area contributed by atoms with Gasteiger partial charge in [0.25, 0.3) is 0 Å². The predicted molar refractivity (Wildman–Crippen MR) is 77.3 cm³/mol. The van der Waals surface area contributed by atoms with Gasteiger partial charge in [-0.15, -0.1) is 11.6 Å². The van der Waals surface area contributed by atoms with Gasteiger partial charge in [0.15, 0.2) is 0 Å². The lowest BCUT2D eigenvalue weighted by Gasteiger charge is -2.17. The van der Waals surface area contributed by atoms with E-state index in [1.807, 2.05) is 6.92 Å². The number of benzene rings is 1. The largest absolute Gasteiger partial charge is 0.344 e. The molecule has 0 fully saturated rings. The van der Waals surface area contributed by atoms with Crippen molar-refractivity contribution < 1.29 is 9.18 Å². The lowest BCUT2D eigenvalue weighted by Crippen LogP contribution is -2.30. The van der Waals surface area contributed by atoms with E-state index in [9.17, 15) is 9.18 Å². The van der Waals surface area contributed by atoms with Crippen molar-refractivity contribution in [3.8, 4) is 0 Å². The van der Waals surface area contributed by atoms with Crippen LogP contribution in [0.1, 0.15) is 25.0 Å². The zero-order valence-corrected chi connectivity index (χ0v) is 12.5. The van der Waals surface area contributed by atoms with Gasteiger partial charge in [0, 0.05) is 19.7 Å². The Labute approximate surface area is 122 Å². The maximum atomic E-state index is 13.3. The van der Waals surface area contributed by atoms with E-state index in [0.717, 1.165) is 0 Å². The minimum atomic E-state index is -0.356. The number of amides is 1. The SMILES string of the molecule is CCN(C)C(=O)Cn1c(C(C)Cl)nc2cc(F)ccc21. The maximum absolute atomic E-state index is 13.3. The average Bonchev–Trinajstić information content (AvgIpc) is 2.75. The molecule has 0 saturated carbocycles. The molecule has 0 saturated heterocycles. The molecular formula is C14H17ClFN3O. The number of hydrogen-bond acceptors (Lipinski definition) is 2. The number of carbonyl (C=O) groups excluding carboxylic acids is 1. The summed E-state index contributed by atoms with van der Waals surface area (Å²) < 4.78 is 15.0. The van der Waals surface area contributed by atoms with E-state index < -0.39 is 0 Å². The predicted octanol–water partition coefficient (Wildman–Crippen LogP) is 2.95. The molecule has 0 bridgehead atoms. The molecule has 6 heteroatoms. The summed E-state index contributed by atoms with van der Waals surface area (Å²) in [6.45, 7) is 4.47. The Morgan fingerprint density at radius 1 is 1.55 bits per heavy atom. The quantitative estimate of drug-likeness (QED) is 0.814. The van der Waals surface area contributed by atoms with Crippen LogP contribution in [0.4, 0.5) is 4.39 Å². The molecule has 1 aromatic heterocycles. The van der Waals surface area contributed by atoms with Crippen molar-refractivity contribution in [2.75, 3.05) is 13.6 Å². The molecule has 0 N–H and O–H groups in total. The van der Waals surface area contributed by atoms with Gasteiger partial charge in [-0.2, -0.15) is 0 Å². The van der Waals surface area contributed by atoms with E-state index in [1.165, 1.54) is 12.1 Å². The number of halogens is 2. The molecule has 1 atom stereocenters. The van der Waals surface area contributed by atoms with E-state index in [0.29, 0.717) is 23.4 Å². The third-order valence-corrected chi connectivity index (χ3v) is 3.48. The maximum Gasteiger partial charge on any atom is 0.242 e. The summed E-state index contributed by atoms with van der Waals surface area (Å²) in [5.41, 5.74) is 1.23. The molecule has 0 aliphatic rings. The van der Waals surface area contributed by atoms with Gasteiger partial charge in [-0.05, 0) is 26.0 Å². The highest BCUT2D eigenvalue weighted by Crippen LogP contribution is 2.25. The Morgan fingerprint density at radius 3 is 2.85 bits per heavy atom. The molecule has 0 aliphatic carbocycles. The first-order chi connectivity index (χ1) is 9.43. The number of imidazole rings is 1. The topological polar surface area (TPSA) is 38.1 Å². The Bertz CT molecular complexity index is 639. The third kappa shape index (κ3) is 2.77. The van der Waals surface area contributed by atoms with Gasteiger partial charge < -0.3 is 9.47 Å². The number of aromatic nitrogens is 2. The number of likely N-dealkylation sites (N-methyl/N-ethyl adjacent to an activating group) is 1. The van der Waals surface area contributed by atoms with E-state index >= 15 is 0 Å². The van der Waals surface area contributed by atoms with Crippen LogP contribution in [0.5, 0.6) is 0 Å². The first kappa shape index (κ1) is 14.8. The number of fused-ring (bicyclic) bond motifs is 1. The zero-order chi connectivity index (χ0) is 14.9. The minimum absolute atomic E-state index is 0.0327. The highest BCUT2D eigenvalue weighted by atomic mass is 35.5. The lowest BCUT2D eigenvalue weighted by molar-refractivity contribution is -0.130. The summed E-state index contributed by atoms with van der Waals surface area (Å²) in [6, 6.07) is 4.33. The van der Waals surface area contributed by atoms with Gasteiger partial charge in [-0.3, -0.25) is 4.79 Å². The summed E-state index contributed by atoms with van der Waals surface area (Å²) >= 11 is 6.11. The van der Waals surface area contributed by atoms with Gasteiger partial charge >= 0.3 is 0 Å². The lowest BCUT2D eigenvalue weighted by atomic mass is 10.3. The Balaban J connectivity index is 2.49. The first-order valence-corrected chi connectivity index (χ1v) is 6.91. The third-order valence-electron chi connectivity index (χ3n) is 3.29. The monoisotopic (exact) mass is 297 g/mol. The molecule has 2 rings (SSSR count). The fourth-order valence-electron chi connectivity index (χ4n) is 2.02. The second kappa shape index (κ2) is 5.79. The van der Waals surface area contributed by atoms with E-state index in [1.54, 1.807) is 29.5 Å². The van der Waals surface area contributed by atoms with Gasteiger partial charge in [0.2, 0.25) is 5.91 Å². The number of hydrogen-bond donors (Lipinski definition) is 0. The molecular weight excluding hydrogens is 281 g/mol. The summed E-state index contributed by atoms with van der Waals surface area (Å²) in [5.74, 6) is 0.188. The molecule has 4 nitrogen and oxygen atoms in total. The van der Waals surface area contributed by atoms with Crippen molar-refractivity contribution >= 4 is 28.5 Å². The fraction of sp³-hybridized carbons (Fsp3) is 0.429. The molecule has 20 heavy (non-hydrogen) atoms.